The topological polar surface area (TPSA) is 41.6 Å². The minimum Gasteiger partial charge on any atom is -0.489 e. The Morgan fingerprint density at radius 1 is 0.909 bits per heavy atom. The molecule has 1 amide bonds. The largest absolute Gasteiger partial charge is 0.489 e. The quantitative estimate of drug-likeness (QED) is 0.351. The average Bonchev–Trinajstić information content (AvgIpc) is 2.87. The Hall–Kier alpha value is -4.05. The van der Waals surface area contributed by atoms with Crippen LogP contribution in [0, 0.1) is 0 Å². The van der Waals surface area contributed by atoms with Crippen LogP contribution in [-0.2, 0) is 6.42 Å². The van der Waals surface area contributed by atoms with E-state index in [1.54, 1.807) is 6.08 Å². The van der Waals surface area contributed by atoms with Crippen LogP contribution in [0.4, 0.5) is 5.69 Å². The Morgan fingerprint density at radius 3 is 2.52 bits per heavy atom. The van der Waals surface area contributed by atoms with E-state index in [1.165, 1.54) is 5.56 Å². The molecule has 1 heterocycles. The van der Waals surface area contributed by atoms with Crippen molar-refractivity contribution in [2.75, 3.05) is 18.5 Å². The standard InChI is InChI=1S/C29H26N2O2/c1-2-20-33-26-17-16-22-12-6-7-13-23(22)27(26)28-30-25-15-9-8-14-24(25)29(32)31(28)19-18-21-10-4-3-5-11-21/h2-17,28,30H,1,18-20H2. The summed E-state index contributed by atoms with van der Waals surface area (Å²) in [5.74, 6) is 0.774. The highest BCUT2D eigenvalue weighted by atomic mass is 16.5. The van der Waals surface area contributed by atoms with Gasteiger partial charge in [-0.2, -0.15) is 0 Å². The number of anilines is 1. The molecule has 0 spiro atoms. The SMILES string of the molecule is C=CCOc1ccc2ccccc2c1C1Nc2ccccc2C(=O)N1CCc1ccccc1. The molecule has 4 aromatic carbocycles. The van der Waals surface area contributed by atoms with E-state index in [2.05, 4.69) is 42.2 Å². The zero-order valence-corrected chi connectivity index (χ0v) is 18.4. The van der Waals surface area contributed by atoms with Gasteiger partial charge < -0.3 is 15.0 Å². The van der Waals surface area contributed by atoms with Crippen LogP contribution >= 0.6 is 0 Å². The molecular weight excluding hydrogens is 408 g/mol. The number of carbonyl (C=O) groups excluding carboxylic acids is 1. The highest BCUT2D eigenvalue weighted by Crippen LogP contribution is 2.40. The molecule has 1 aliphatic rings. The van der Waals surface area contributed by atoms with Gasteiger partial charge in [-0.15, -0.1) is 0 Å². The lowest BCUT2D eigenvalue weighted by Gasteiger charge is -2.39. The second kappa shape index (κ2) is 9.21. The smallest absolute Gasteiger partial charge is 0.257 e. The van der Waals surface area contributed by atoms with Crippen LogP contribution in [0.15, 0.2) is 104 Å². The summed E-state index contributed by atoms with van der Waals surface area (Å²) in [5, 5.41) is 5.81. The highest BCUT2D eigenvalue weighted by Gasteiger charge is 2.35. The molecule has 0 aliphatic carbocycles. The number of nitrogens with zero attached hydrogens (tertiary/aromatic N) is 1. The van der Waals surface area contributed by atoms with Gasteiger partial charge in [0.05, 0.1) is 5.56 Å². The monoisotopic (exact) mass is 434 g/mol. The van der Waals surface area contributed by atoms with Crippen molar-refractivity contribution in [1.82, 2.24) is 4.90 Å². The van der Waals surface area contributed by atoms with Crippen molar-refractivity contribution in [3.63, 3.8) is 0 Å². The van der Waals surface area contributed by atoms with Gasteiger partial charge in [-0.1, -0.05) is 85.5 Å². The van der Waals surface area contributed by atoms with Crippen LogP contribution in [0.25, 0.3) is 10.8 Å². The maximum atomic E-state index is 13.7. The summed E-state index contributed by atoms with van der Waals surface area (Å²) >= 11 is 0. The predicted octanol–water partition coefficient (Wildman–Crippen LogP) is 6.21. The lowest BCUT2D eigenvalue weighted by Crippen LogP contribution is -2.44. The molecule has 4 nitrogen and oxygen atoms in total. The van der Waals surface area contributed by atoms with Crippen LogP contribution in [0.1, 0.15) is 27.7 Å². The summed E-state index contributed by atoms with van der Waals surface area (Å²) in [4.78, 5) is 15.6. The first-order chi connectivity index (χ1) is 16.3. The number of ether oxygens (including phenoxy) is 1. The van der Waals surface area contributed by atoms with Crippen LogP contribution in [0.2, 0.25) is 0 Å². The second-order valence-electron chi connectivity index (χ2n) is 8.12. The van der Waals surface area contributed by atoms with Gasteiger partial charge in [-0.25, -0.2) is 0 Å². The highest BCUT2D eigenvalue weighted by molar-refractivity contribution is 6.02. The van der Waals surface area contributed by atoms with Crippen molar-refractivity contribution >= 4 is 22.4 Å². The number of para-hydroxylation sites is 1. The fourth-order valence-electron chi connectivity index (χ4n) is 4.48. The lowest BCUT2D eigenvalue weighted by atomic mass is 9.97. The Kier molecular flexibility index (Phi) is 5.81. The molecule has 4 aromatic rings. The molecule has 0 fully saturated rings. The lowest BCUT2D eigenvalue weighted by molar-refractivity contribution is 0.0684. The number of hydrogen-bond acceptors (Lipinski definition) is 3. The van der Waals surface area contributed by atoms with Crippen LogP contribution in [-0.4, -0.2) is 24.0 Å². The van der Waals surface area contributed by atoms with Gasteiger partial charge in [0.1, 0.15) is 18.5 Å². The van der Waals surface area contributed by atoms with E-state index in [9.17, 15) is 4.79 Å². The molecule has 0 aromatic heterocycles. The summed E-state index contributed by atoms with van der Waals surface area (Å²) in [5.41, 5.74) is 3.69. The fourth-order valence-corrected chi connectivity index (χ4v) is 4.48. The zero-order chi connectivity index (χ0) is 22.6. The van der Waals surface area contributed by atoms with Crippen molar-refractivity contribution in [3.05, 3.63) is 120 Å². The van der Waals surface area contributed by atoms with Crippen LogP contribution in [0.3, 0.4) is 0 Å². The summed E-state index contributed by atoms with van der Waals surface area (Å²) in [6.07, 6.45) is 2.14. The summed E-state index contributed by atoms with van der Waals surface area (Å²) in [7, 11) is 0. The predicted molar refractivity (Wildman–Crippen MR) is 134 cm³/mol. The molecule has 164 valence electrons. The number of benzene rings is 4. The molecular formula is C29H26N2O2. The van der Waals surface area contributed by atoms with Gasteiger partial charge >= 0.3 is 0 Å². The molecule has 4 heteroatoms. The van der Waals surface area contributed by atoms with Crippen molar-refractivity contribution in [1.29, 1.82) is 0 Å². The number of carbonyl (C=O) groups is 1. The van der Waals surface area contributed by atoms with Crippen molar-refractivity contribution in [3.8, 4) is 5.75 Å². The molecule has 0 bridgehead atoms. The first-order valence-corrected chi connectivity index (χ1v) is 11.2. The summed E-state index contributed by atoms with van der Waals surface area (Å²) < 4.78 is 6.09. The Labute approximate surface area is 194 Å². The number of rotatable bonds is 7. The maximum Gasteiger partial charge on any atom is 0.257 e. The Bertz CT molecular complexity index is 1300. The molecule has 1 unspecified atom stereocenters. The minimum atomic E-state index is -0.359. The molecule has 1 aliphatic heterocycles. The van der Waals surface area contributed by atoms with E-state index in [4.69, 9.17) is 4.74 Å². The van der Waals surface area contributed by atoms with Gasteiger partial charge in [-0.05, 0) is 41.0 Å². The van der Waals surface area contributed by atoms with Gasteiger partial charge in [0.15, 0.2) is 0 Å². The van der Waals surface area contributed by atoms with Gasteiger partial charge in [0.25, 0.3) is 5.91 Å². The Balaban J connectivity index is 1.63. The van der Waals surface area contributed by atoms with E-state index < -0.39 is 0 Å². The Morgan fingerprint density at radius 2 is 1.67 bits per heavy atom. The van der Waals surface area contributed by atoms with Gasteiger partial charge in [0, 0.05) is 17.8 Å². The summed E-state index contributed by atoms with van der Waals surface area (Å²) in [6, 6.07) is 30.3. The average molecular weight is 435 g/mol. The number of amides is 1. The normalized spacial score (nSPS) is 15.1. The second-order valence-corrected chi connectivity index (χ2v) is 8.12. The number of nitrogens with one attached hydrogen (secondary N) is 1. The fraction of sp³-hybridized carbons (Fsp3) is 0.138. The number of fused-ring (bicyclic) bond motifs is 2. The van der Waals surface area contributed by atoms with E-state index in [1.807, 2.05) is 65.6 Å². The van der Waals surface area contributed by atoms with Gasteiger partial charge in [0.2, 0.25) is 0 Å². The molecule has 5 rings (SSSR count). The molecule has 1 atom stereocenters. The van der Waals surface area contributed by atoms with E-state index in [0.717, 1.165) is 34.2 Å². The first-order valence-electron chi connectivity index (χ1n) is 11.2. The molecule has 0 radical (unpaired) electrons. The minimum absolute atomic E-state index is 0.0212. The van der Waals surface area contributed by atoms with E-state index in [-0.39, 0.29) is 12.1 Å². The van der Waals surface area contributed by atoms with Crippen molar-refractivity contribution in [2.24, 2.45) is 0 Å². The van der Waals surface area contributed by atoms with Crippen molar-refractivity contribution in [2.45, 2.75) is 12.6 Å². The van der Waals surface area contributed by atoms with E-state index >= 15 is 0 Å². The molecule has 33 heavy (non-hydrogen) atoms. The van der Waals surface area contributed by atoms with Crippen molar-refractivity contribution < 1.29 is 9.53 Å². The third-order valence-electron chi connectivity index (χ3n) is 6.07. The first kappa shape index (κ1) is 20.8. The summed E-state index contributed by atoms with van der Waals surface area (Å²) in [6.45, 7) is 4.77. The van der Waals surface area contributed by atoms with Crippen LogP contribution < -0.4 is 10.1 Å². The zero-order valence-electron chi connectivity index (χ0n) is 18.4. The molecule has 1 N–H and O–H groups in total. The molecule has 0 saturated carbocycles. The van der Waals surface area contributed by atoms with Gasteiger partial charge in [-0.3, -0.25) is 4.79 Å². The molecule has 0 saturated heterocycles. The number of hydrogen-bond donors (Lipinski definition) is 1. The van der Waals surface area contributed by atoms with E-state index in [0.29, 0.717) is 18.7 Å². The third-order valence-corrected chi connectivity index (χ3v) is 6.07. The maximum absolute atomic E-state index is 13.7. The van der Waals surface area contributed by atoms with Crippen LogP contribution in [0.5, 0.6) is 5.75 Å². The third kappa shape index (κ3) is 4.08.